The van der Waals surface area contributed by atoms with Crippen LogP contribution in [0.5, 0.6) is 5.75 Å². The number of benzene rings is 2. The van der Waals surface area contributed by atoms with Gasteiger partial charge in [0.15, 0.2) is 0 Å². The lowest BCUT2D eigenvalue weighted by Gasteiger charge is -2.17. The molecule has 3 atom stereocenters. The fourth-order valence-corrected chi connectivity index (χ4v) is 3.98. The van der Waals surface area contributed by atoms with Crippen LogP contribution in [-0.4, -0.2) is 7.11 Å². The van der Waals surface area contributed by atoms with Gasteiger partial charge in [0.1, 0.15) is 5.75 Å². The maximum Gasteiger partial charge on any atom is 0.118 e. The number of ether oxygens (including phenoxy) is 2. The highest BCUT2D eigenvalue weighted by molar-refractivity contribution is 9.13. The summed E-state index contributed by atoms with van der Waals surface area (Å²) >= 11 is 7.15. The number of methoxy groups -OCH3 is 1. The maximum atomic E-state index is 6.13. The van der Waals surface area contributed by atoms with Crippen LogP contribution in [0.25, 0.3) is 0 Å². The van der Waals surface area contributed by atoms with E-state index in [9.17, 15) is 0 Å². The van der Waals surface area contributed by atoms with Crippen LogP contribution >= 0.6 is 31.9 Å². The van der Waals surface area contributed by atoms with Gasteiger partial charge in [0.2, 0.25) is 0 Å². The first kappa shape index (κ1) is 15.3. The molecular weight excluding hydrogens is 420 g/mol. The van der Waals surface area contributed by atoms with Crippen molar-refractivity contribution in [3.05, 3.63) is 62.0 Å². The minimum absolute atomic E-state index is 0.0881. The van der Waals surface area contributed by atoms with Crippen LogP contribution in [-0.2, 0) is 4.74 Å². The Morgan fingerprint density at radius 2 is 1.78 bits per heavy atom. The average Bonchev–Trinajstić information content (AvgIpc) is 3.13. The van der Waals surface area contributed by atoms with E-state index >= 15 is 0 Å². The summed E-state index contributed by atoms with van der Waals surface area (Å²) in [6, 6.07) is 12.2. The Balaban J connectivity index is 1.59. The first-order valence-electron chi connectivity index (χ1n) is 7.45. The molecular formula is C19H14Br2O2. The van der Waals surface area contributed by atoms with E-state index in [0.29, 0.717) is 0 Å². The zero-order valence-corrected chi connectivity index (χ0v) is 15.6. The standard InChI is InChI=1S/C19H14Br2O2/c1-22-13-6-3-11(4-7-13)2-5-12-8-18-14-9-16(20)17(21)10-15(14)19(12)23-18/h3-4,6-7,9-10,12,18-19H,8H2,1H3. The van der Waals surface area contributed by atoms with E-state index in [1.54, 1.807) is 7.11 Å². The van der Waals surface area contributed by atoms with Crippen molar-refractivity contribution in [2.24, 2.45) is 5.92 Å². The Morgan fingerprint density at radius 3 is 2.48 bits per heavy atom. The summed E-state index contributed by atoms with van der Waals surface area (Å²) in [7, 11) is 1.67. The lowest BCUT2D eigenvalue weighted by atomic mass is 9.84. The predicted octanol–water partition coefficient (Wildman–Crippen LogP) is 5.40. The van der Waals surface area contributed by atoms with Crippen LogP contribution in [0.3, 0.4) is 0 Å². The van der Waals surface area contributed by atoms with Gasteiger partial charge in [-0.25, -0.2) is 0 Å². The van der Waals surface area contributed by atoms with Crippen LogP contribution in [0.4, 0.5) is 0 Å². The van der Waals surface area contributed by atoms with Crippen molar-refractivity contribution in [3.8, 4) is 17.6 Å². The second-order valence-electron chi connectivity index (χ2n) is 5.78. The Bertz CT molecular complexity index is 818. The molecule has 0 saturated carbocycles. The van der Waals surface area contributed by atoms with Gasteiger partial charge in [0, 0.05) is 14.5 Å². The lowest BCUT2D eigenvalue weighted by Crippen LogP contribution is -2.09. The highest BCUT2D eigenvalue weighted by atomic mass is 79.9. The molecule has 1 saturated heterocycles. The molecule has 0 amide bonds. The van der Waals surface area contributed by atoms with Crippen LogP contribution in [0, 0.1) is 17.8 Å². The van der Waals surface area contributed by atoms with Crippen LogP contribution in [0.2, 0.25) is 0 Å². The van der Waals surface area contributed by atoms with Crippen molar-refractivity contribution in [2.75, 3.05) is 7.11 Å². The van der Waals surface area contributed by atoms with Crippen molar-refractivity contribution in [1.29, 1.82) is 0 Å². The van der Waals surface area contributed by atoms with Crippen molar-refractivity contribution in [1.82, 2.24) is 0 Å². The molecule has 0 spiro atoms. The number of halogens is 2. The molecule has 116 valence electrons. The molecule has 2 bridgehead atoms. The second-order valence-corrected chi connectivity index (χ2v) is 7.49. The minimum Gasteiger partial charge on any atom is -0.497 e. The molecule has 3 unspecified atom stereocenters. The largest absolute Gasteiger partial charge is 0.497 e. The second kappa shape index (κ2) is 5.98. The summed E-state index contributed by atoms with van der Waals surface area (Å²) in [5.74, 6) is 7.77. The predicted molar refractivity (Wildman–Crippen MR) is 96.4 cm³/mol. The molecule has 4 rings (SSSR count). The zero-order chi connectivity index (χ0) is 16.0. The molecule has 2 nitrogen and oxygen atoms in total. The molecule has 2 aliphatic rings. The highest BCUT2D eigenvalue weighted by Gasteiger charge is 2.44. The summed E-state index contributed by atoms with van der Waals surface area (Å²) in [5.41, 5.74) is 3.57. The van der Waals surface area contributed by atoms with Crippen molar-refractivity contribution >= 4 is 31.9 Å². The molecule has 2 aliphatic heterocycles. The third-order valence-electron chi connectivity index (χ3n) is 4.42. The summed E-state index contributed by atoms with van der Waals surface area (Å²) in [5, 5.41) is 0. The van der Waals surface area contributed by atoms with Crippen molar-refractivity contribution < 1.29 is 9.47 Å². The van der Waals surface area contributed by atoms with Gasteiger partial charge in [-0.05, 0) is 85.8 Å². The van der Waals surface area contributed by atoms with Gasteiger partial charge < -0.3 is 9.47 Å². The monoisotopic (exact) mass is 432 g/mol. The summed E-state index contributed by atoms with van der Waals surface area (Å²) in [6.45, 7) is 0. The van der Waals surface area contributed by atoms with Gasteiger partial charge in [0.25, 0.3) is 0 Å². The first-order valence-corrected chi connectivity index (χ1v) is 9.04. The molecule has 23 heavy (non-hydrogen) atoms. The molecule has 1 fully saturated rings. The van der Waals surface area contributed by atoms with E-state index in [0.717, 1.165) is 26.7 Å². The van der Waals surface area contributed by atoms with Crippen LogP contribution in [0.1, 0.15) is 35.3 Å². The Labute approximate surface area is 152 Å². The van der Waals surface area contributed by atoms with Crippen LogP contribution < -0.4 is 4.74 Å². The normalized spacial score (nSPS) is 24.0. The number of rotatable bonds is 1. The highest BCUT2D eigenvalue weighted by Crippen LogP contribution is 2.54. The Morgan fingerprint density at radius 1 is 1.09 bits per heavy atom. The van der Waals surface area contributed by atoms with Gasteiger partial charge in [-0.2, -0.15) is 0 Å². The molecule has 0 aromatic heterocycles. The zero-order valence-electron chi connectivity index (χ0n) is 12.5. The third kappa shape index (κ3) is 2.71. The topological polar surface area (TPSA) is 18.5 Å². The number of hydrogen-bond donors (Lipinski definition) is 0. The molecule has 0 aliphatic carbocycles. The molecule has 4 heteroatoms. The smallest absolute Gasteiger partial charge is 0.118 e. The minimum atomic E-state index is 0.0881. The average molecular weight is 434 g/mol. The Hall–Kier alpha value is -1.28. The van der Waals surface area contributed by atoms with Crippen molar-refractivity contribution in [2.45, 2.75) is 18.6 Å². The molecule has 0 radical (unpaired) electrons. The molecule has 2 heterocycles. The number of fused-ring (bicyclic) bond motifs is 5. The maximum absolute atomic E-state index is 6.13. The molecule has 2 aromatic rings. The fraction of sp³-hybridized carbons (Fsp3) is 0.263. The fourth-order valence-electron chi connectivity index (χ4n) is 3.26. The first-order chi connectivity index (χ1) is 11.2. The molecule has 2 aromatic carbocycles. The summed E-state index contributed by atoms with van der Waals surface area (Å²) in [6.07, 6.45) is 1.23. The van der Waals surface area contributed by atoms with Gasteiger partial charge in [0.05, 0.1) is 25.2 Å². The quantitative estimate of drug-likeness (QED) is 0.560. The van der Waals surface area contributed by atoms with Gasteiger partial charge in [-0.3, -0.25) is 0 Å². The summed E-state index contributed by atoms with van der Waals surface area (Å²) in [4.78, 5) is 0. The van der Waals surface area contributed by atoms with E-state index in [4.69, 9.17) is 9.47 Å². The van der Waals surface area contributed by atoms with Gasteiger partial charge >= 0.3 is 0 Å². The SMILES string of the molecule is COc1ccc(C#CC2CC3OC2c2cc(Br)c(Br)cc23)cc1. The van der Waals surface area contributed by atoms with Crippen molar-refractivity contribution in [3.63, 3.8) is 0 Å². The summed E-state index contributed by atoms with van der Waals surface area (Å²) < 4.78 is 13.4. The Kier molecular flexibility index (Phi) is 3.96. The van der Waals surface area contributed by atoms with E-state index in [1.807, 2.05) is 24.3 Å². The third-order valence-corrected chi connectivity index (χ3v) is 6.26. The van der Waals surface area contributed by atoms with Gasteiger partial charge in [-0.1, -0.05) is 11.8 Å². The number of hydrogen-bond acceptors (Lipinski definition) is 2. The van der Waals surface area contributed by atoms with E-state index in [-0.39, 0.29) is 18.1 Å². The van der Waals surface area contributed by atoms with E-state index < -0.39 is 0 Å². The van der Waals surface area contributed by atoms with E-state index in [2.05, 4.69) is 55.8 Å². The van der Waals surface area contributed by atoms with Crippen LogP contribution in [0.15, 0.2) is 45.3 Å². The lowest BCUT2D eigenvalue weighted by molar-refractivity contribution is 0.0656. The van der Waals surface area contributed by atoms with E-state index in [1.165, 1.54) is 11.1 Å². The van der Waals surface area contributed by atoms with Gasteiger partial charge in [-0.15, -0.1) is 0 Å². The molecule has 0 N–H and O–H groups in total.